The fourth-order valence-corrected chi connectivity index (χ4v) is 3.10. The number of aliphatic hydroxyl groups excluding tert-OH is 1. The van der Waals surface area contributed by atoms with E-state index in [4.69, 9.17) is 5.11 Å². The number of nitrogens with one attached hydrogen (secondary N) is 1. The number of carbonyl (C=O) groups is 1. The lowest BCUT2D eigenvalue weighted by Gasteiger charge is -2.24. The summed E-state index contributed by atoms with van der Waals surface area (Å²) in [7, 11) is 0. The van der Waals surface area contributed by atoms with Crippen molar-refractivity contribution in [3.05, 3.63) is 0 Å². The summed E-state index contributed by atoms with van der Waals surface area (Å²) in [6, 6.07) is 0.554. The summed E-state index contributed by atoms with van der Waals surface area (Å²) in [4.78, 5) is 14.1. The van der Waals surface area contributed by atoms with Crippen LogP contribution in [-0.4, -0.2) is 48.2 Å². The van der Waals surface area contributed by atoms with Gasteiger partial charge in [-0.25, -0.2) is 0 Å². The smallest absolute Gasteiger partial charge is 0.222 e. The van der Waals surface area contributed by atoms with E-state index < -0.39 is 0 Å². The van der Waals surface area contributed by atoms with Crippen molar-refractivity contribution < 1.29 is 9.90 Å². The maximum Gasteiger partial charge on any atom is 0.222 e. The Balaban J connectivity index is 1.65. The van der Waals surface area contributed by atoms with Gasteiger partial charge in [-0.3, -0.25) is 4.79 Å². The van der Waals surface area contributed by atoms with E-state index in [0.29, 0.717) is 24.3 Å². The van der Waals surface area contributed by atoms with Crippen LogP contribution < -0.4 is 5.32 Å². The van der Waals surface area contributed by atoms with Gasteiger partial charge >= 0.3 is 0 Å². The molecule has 2 aliphatic heterocycles. The Kier molecular flexibility index (Phi) is 5.45. The first-order valence-corrected chi connectivity index (χ1v) is 7.41. The molecule has 18 heavy (non-hydrogen) atoms. The highest BCUT2D eigenvalue weighted by molar-refractivity contribution is 5.76. The third kappa shape index (κ3) is 3.95. The normalized spacial score (nSPS) is 28.6. The van der Waals surface area contributed by atoms with Gasteiger partial charge in [-0.05, 0) is 44.6 Å². The van der Waals surface area contributed by atoms with Gasteiger partial charge < -0.3 is 15.3 Å². The minimum absolute atomic E-state index is 0.249. The van der Waals surface area contributed by atoms with Crippen LogP contribution in [0.5, 0.6) is 0 Å². The van der Waals surface area contributed by atoms with E-state index >= 15 is 0 Å². The molecule has 2 N–H and O–H groups in total. The lowest BCUT2D eigenvalue weighted by molar-refractivity contribution is -0.130. The second-order valence-corrected chi connectivity index (χ2v) is 5.69. The molecule has 2 aliphatic rings. The molecule has 2 atom stereocenters. The summed E-state index contributed by atoms with van der Waals surface area (Å²) >= 11 is 0. The number of nitrogens with zero attached hydrogens (tertiary/aromatic N) is 1. The van der Waals surface area contributed by atoms with E-state index in [1.165, 1.54) is 19.3 Å². The molecule has 0 saturated carbocycles. The van der Waals surface area contributed by atoms with Crippen LogP contribution in [0.4, 0.5) is 0 Å². The molecule has 2 rings (SSSR count). The summed E-state index contributed by atoms with van der Waals surface area (Å²) in [6.45, 7) is 3.11. The van der Waals surface area contributed by atoms with E-state index in [0.717, 1.165) is 38.9 Å². The van der Waals surface area contributed by atoms with Gasteiger partial charge in [0.15, 0.2) is 0 Å². The number of carbonyl (C=O) groups excluding carboxylic acids is 1. The van der Waals surface area contributed by atoms with Gasteiger partial charge in [-0.15, -0.1) is 0 Å². The van der Waals surface area contributed by atoms with Crippen LogP contribution in [-0.2, 0) is 4.79 Å². The number of rotatable bonds is 5. The summed E-state index contributed by atoms with van der Waals surface area (Å²) in [6.07, 6.45) is 7.37. The van der Waals surface area contributed by atoms with Gasteiger partial charge in [-0.2, -0.15) is 0 Å². The van der Waals surface area contributed by atoms with Crippen molar-refractivity contribution in [3.63, 3.8) is 0 Å². The molecule has 0 aromatic rings. The Bertz CT molecular complexity index is 265. The zero-order chi connectivity index (χ0) is 12.8. The van der Waals surface area contributed by atoms with Crippen LogP contribution in [0.1, 0.15) is 44.9 Å². The zero-order valence-corrected chi connectivity index (χ0v) is 11.2. The van der Waals surface area contributed by atoms with Crippen LogP contribution >= 0.6 is 0 Å². The molecule has 2 saturated heterocycles. The average molecular weight is 254 g/mol. The van der Waals surface area contributed by atoms with E-state index in [2.05, 4.69) is 5.32 Å². The predicted octanol–water partition coefficient (Wildman–Crippen LogP) is 1.14. The Hall–Kier alpha value is -0.610. The highest BCUT2D eigenvalue weighted by Gasteiger charge is 2.26. The molecule has 4 heteroatoms. The standard InChI is InChI=1S/C14H26N2O2/c17-10-7-12-6-9-16(11-12)14(18)5-4-13-3-1-2-8-15-13/h12-13,15,17H,1-11H2. The van der Waals surface area contributed by atoms with Gasteiger partial charge in [0.2, 0.25) is 5.91 Å². The minimum atomic E-state index is 0.249. The largest absolute Gasteiger partial charge is 0.396 e. The third-order valence-corrected chi connectivity index (χ3v) is 4.29. The number of piperidine rings is 1. The number of aliphatic hydroxyl groups is 1. The third-order valence-electron chi connectivity index (χ3n) is 4.29. The zero-order valence-electron chi connectivity index (χ0n) is 11.2. The molecule has 0 aliphatic carbocycles. The van der Waals surface area contributed by atoms with Gasteiger partial charge in [-0.1, -0.05) is 6.42 Å². The molecule has 2 heterocycles. The molecule has 104 valence electrons. The molecule has 0 aromatic heterocycles. The van der Waals surface area contributed by atoms with E-state index in [-0.39, 0.29) is 6.61 Å². The Labute approximate surface area is 110 Å². The summed E-state index contributed by atoms with van der Waals surface area (Å²) in [5.41, 5.74) is 0. The number of hydrogen-bond acceptors (Lipinski definition) is 3. The quantitative estimate of drug-likeness (QED) is 0.773. The lowest BCUT2D eigenvalue weighted by atomic mass is 10.0. The molecule has 0 aromatic carbocycles. The van der Waals surface area contributed by atoms with Crippen molar-refractivity contribution in [2.45, 2.75) is 51.0 Å². The maximum absolute atomic E-state index is 12.1. The van der Waals surface area contributed by atoms with Crippen molar-refractivity contribution in [1.29, 1.82) is 0 Å². The van der Waals surface area contributed by atoms with Crippen LogP contribution in [0, 0.1) is 5.92 Å². The highest BCUT2D eigenvalue weighted by Crippen LogP contribution is 2.21. The molecule has 0 radical (unpaired) electrons. The summed E-state index contributed by atoms with van der Waals surface area (Å²) < 4.78 is 0. The van der Waals surface area contributed by atoms with Gasteiger partial charge in [0.25, 0.3) is 0 Å². The van der Waals surface area contributed by atoms with Crippen molar-refractivity contribution >= 4 is 5.91 Å². The number of amides is 1. The highest BCUT2D eigenvalue weighted by atomic mass is 16.3. The van der Waals surface area contributed by atoms with Gasteiger partial charge in [0.05, 0.1) is 0 Å². The molecule has 2 unspecified atom stereocenters. The SMILES string of the molecule is O=C(CCC1CCCCN1)N1CCC(CCO)C1. The maximum atomic E-state index is 12.1. The second kappa shape index (κ2) is 7.10. The molecular formula is C14H26N2O2. The molecule has 0 spiro atoms. The van der Waals surface area contributed by atoms with Crippen LogP contribution in [0.15, 0.2) is 0 Å². The Morgan fingerprint density at radius 2 is 2.17 bits per heavy atom. The monoisotopic (exact) mass is 254 g/mol. The second-order valence-electron chi connectivity index (χ2n) is 5.69. The first-order valence-electron chi connectivity index (χ1n) is 7.41. The van der Waals surface area contributed by atoms with Crippen LogP contribution in [0.3, 0.4) is 0 Å². The first kappa shape index (κ1) is 13.8. The van der Waals surface area contributed by atoms with Crippen molar-refractivity contribution in [2.24, 2.45) is 5.92 Å². The predicted molar refractivity (Wildman–Crippen MR) is 71.3 cm³/mol. The van der Waals surface area contributed by atoms with Crippen LogP contribution in [0.2, 0.25) is 0 Å². The fourth-order valence-electron chi connectivity index (χ4n) is 3.10. The van der Waals surface area contributed by atoms with E-state index in [1.54, 1.807) is 0 Å². The van der Waals surface area contributed by atoms with Gasteiger partial charge in [0, 0.05) is 32.2 Å². The molecule has 2 fully saturated rings. The molecule has 1 amide bonds. The number of likely N-dealkylation sites (tertiary alicyclic amines) is 1. The van der Waals surface area contributed by atoms with Crippen LogP contribution in [0.25, 0.3) is 0 Å². The molecule has 0 bridgehead atoms. The van der Waals surface area contributed by atoms with Crippen molar-refractivity contribution in [3.8, 4) is 0 Å². The summed E-state index contributed by atoms with van der Waals surface area (Å²) in [5.74, 6) is 0.828. The van der Waals surface area contributed by atoms with Crippen molar-refractivity contribution in [2.75, 3.05) is 26.2 Å². The molecular weight excluding hydrogens is 228 g/mol. The minimum Gasteiger partial charge on any atom is -0.396 e. The van der Waals surface area contributed by atoms with E-state index in [1.807, 2.05) is 4.90 Å². The first-order chi connectivity index (χ1) is 8.79. The average Bonchev–Trinajstić information content (AvgIpc) is 2.86. The lowest BCUT2D eigenvalue weighted by Crippen LogP contribution is -2.36. The number of hydrogen-bond donors (Lipinski definition) is 2. The van der Waals surface area contributed by atoms with Gasteiger partial charge in [0.1, 0.15) is 0 Å². The van der Waals surface area contributed by atoms with E-state index in [9.17, 15) is 4.79 Å². The topological polar surface area (TPSA) is 52.6 Å². The Morgan fingerprint density at radius 1 is 1.28 bits per heavy atom. The Morgan fingerprint density at radius 3 is 2.89 bits per heavy atom. The summed E-state index contributed by atoms with van der Waals surface area (Å²) in [5, 5.41) is 12.4. The van der Waals surface area contributed by atoms with Crippen molar-refractivity contribution in [1.82, 2.24) is 10.2 Å². The fraction of sp³-hybridized carbons (Fsp3) is 0.929. The molecule has 4 nitrogen and oxygen atoms in total.